The molecule has 0 spiro atoms. The Morgan fingerprint density at radius 1 is 1.44 bits per heavy atom. The zero-order valence-electron chi connectivity index (χ0n) is 9.95. The predicted molar refractivity (Wildman–Crippen MR) is 63.6 cm³/mol. The Labute approximate surface area is 96.5 Å². The van der Waals surface area contributed by atoms with Crippen LogP contribution in [0.15, 0.2) is 12.1 Å². The lowest BCUT2D eigenvalue weighted by Gasteiger charge is -2.18. The third kappa shape index (κ3) is 1.93. The first-order valence-corrected chi connectivity index (χ1v) is 5.74. The van der Waals surface area contributed by atoms with Gasteiger partial charge in [0.05, 0.1) is 20.3 Å². The molecule has 0 saturated carbocycles. The molecule has 3 heteroatoms. The lowest BCUT2D eigenvalue weighted by molar-refractivity contribution is 0.134. The highest BCUT2D eigenvalue weighted by Gasteiger charge is 2.22. The minimum Gasteiger partial charge on any atom is -0.496 e. The zero-order valence-corrected chi connectivity index (χ0v) is 9.95. The summed E-state index contributed by atoms with van der Waals surface area (Å²) >= 11 is 0. The minimum absolute atomic E-state index is 0.427. The van der Waals surface area contributed by atoms with E-state index in [0.29, 0.717) is 19.1 Å². The molecule has 1 aromatic carbocycles. The number of rotatable bonds is 4. The smallest absolute Gasteiger partial charge is 0.122 e. The van der Waals surface area contributed by atoms with Crippen molar-refractivity contribution in [3.63, 3.8) is 0 Å². The molecular formula is C13H19NO2. The molecule has 0 aliphatic carbocycles. The van der Waals surface area contributed by atoms with Gasteiger partial charge < -0.3 is 15.2 Å². The molecule has 1 heterocycles. The highest BCUT2D eigenvalue weighted by Crippen LogP contribution is 2.36. The quantitative estimate of drug-likeness (QED) is 0.847. The number of ether oxygens (including phenoxy) is 2. The maximum Gasteiger partial charge on any atom is 0.122 e. The van der Waals surface area contributed by atoms with Crippen LogP contribution in [0.2, 0.25) is 0 Å². The van der Waals surface area contributed by atoms with E-state index in [1.54, 1.807) is 7.11 Å². The molecule has 88 valence electrons. The zero-order chi connectivity index (χ0) is 11.5. The first-order chi connectivity index (χ1) is 7.77. The van der Waals surface area contributed by atoms with Crippen LogP contribution in [-0.2, 0) is 18.0 Å². The fourth-order valence-corrected chi connectivity index (χ4v) is 2.37. The van der Waals surface area contributed by atoms with Gasteiger partial charge in [0.1, 0.15) is 5.75 Å². The van der Waals surface area contributed by atoms with Gasteiger partial charge in [-0.3, -0.25) is 0 Å². The second kappa shape index (κ2) is 4.85. The summed E-state index contributed by atoms with van der Waals surface area (Å²) in [5.74, 6) is 1.39. The first-order valence-electron chi connectivity index (χ1n) is 5.74. The molecule has 1 aliphatic rings. The van der Waals surface area contributed by atoms with Crippen LogP contribution in [0, 0.1) is 0 Å². The molecule has 1 atom stereocenters. The Morgan fingerprint density at radius 2 is 2.25 bits per heavy atom. The van der Waals surface area contributed by atoms with Crippen LogP contribution in [0.3, 0.4) is 0 Å². The van der Waals surface area contributed by atoms with Crippen molar-refractivity contribution in [1.29, 1.82) is 0 Å². The van der Waals surface area contributed by atoms with Crippen LogP contribution >= 0.6 is 0 Å². The van der Waals surface area contributed by atoms with E-state index in [2.05, 4.69) is 13.0 Å². The van der Waals surface area contributed by atoms with Crippen LogP contribution in [0.4, 0.5) is 0 Å². The van der Waals surface area contributed by atoms with E-state index in [1.807, 2.05) is 6.07 Å². The number of benzene rings is 1. The molecule has 0 fully saturated rings. The monoisotopic (exact) mass is 221 g/mol. The van der Waals surface area contributed by atoms with E-state index >= 15 is 0 Å². The van der Waals surface area contributed by atoms with Gasteiger partial charge in [0.2, 0.25) is 0 Å². The third-order valence-corrected chi connectivity index (χ3v) is 3.23. The van der Waals surface area contributed by atoms with Gasteiger partial charge in [-0.1, -0.05) is 13.0 Å². The predicted octanol–water partition coefficient (Wildman–Crippen LogP) is 2.18. The molecular weight excluding hydrogens is 202 g/mol. The molecule has 1 aliphatic heterocycles. The maximum absolute atomic E-state index is 5.63. The molecule has 0 radical (unpaired) electrons. The molecule has 2 rings (SSSR count). The fourth-order valence-electron chi connectivity index (χ4n) is 2.37. The standard InChI is InChI=1S/C13H19NO2/c1-9(5-6-14)13-11-8-16-7-10(11)3-4-12(13)15-2/h3-4,9H,5-8,14H2,1-2H3. The van der Waals surface area contributed by atoms with Gasteiger partial charge >= 0.3 is 0 Å². The Kier molecular flexibility index (Phi) is 3.46. The van der Waals surface area contributed by atoms with Gasteiger partial charge in [-0.2, -0.15) is 0 Å². The molecule has 1 unspecified atom stereocenters. The summed E-state index contributed by atoms with van der Waals surface area (Å²) in [4.78, 5) is 0. The average Bonchev–Trinajstić information content (AvgIpc) is 2.75. The van der Waals surface area contributed by atoms with Crippen molar-refractivity contribution < 1.29 is 9.47 Å². The molecule has 3 nitrogen and oxygen atoms in total. The lowest BCUT2D eigenvalue weighted by Crippen LogP contribution is -2.08. The Hall–Kier alpha value is -1.06. The summed E-state index contributed by atoms with van der Waals surface area (Å²) in [6.07, 6.45) is 0.979. The summed E-state index contributed by atoms with van der Waals surface area (Å²) in [6.45, 7) is 4.33. The molecule has 0 amide bonds. The first kappa shape index (κ1) is 11.4. The number of methoxy groups -OCH3 is 1. The Bertz CT molecular complexity index is 376. The van der Waals surface area contributed by atoms with E-state index in [1.165, 1.54) is 16.7 Å². The van der Waals surface area contributed by atoms with Gasteiger partial charge in [0.25, 0.3) is 0 Å². The van der Waals surface area contributed by atoms with E-state index in [4.69, 9.17) is 15.2 Å². The molecule has 0 saturated heterocycles. The molecule has 16 heavy (non-hydrogen) atoms. The number of fused-ring (bicyclic) bond motifs is 1. The van der Waals surface area contributed by atoms with Crippen LogP contribution in [0.25, 0.3) is 0 Å². The van der Waals surface area contributed by atoms with Crippen LogP contribution < -0.4 is 10.5 Å². The summed E-state index contributed by atoms with van der Waals surface area (Å²) in [7, 11) is 1.72. The van der Waals surface area contributed by atoms with Gasteiger partial charge in [-0.05, 0) is 36.1 Å². The number of nitrogens with two attached hydrogens (primary N) is 1. The summed E-state index contributed by atoms with van der Waals surface area (Å²) in [6, 6.07) is 4.13. The van der Waals surface area contributed by atoms with E-state index in [0.717, 1.165) is 18.8 Å². The Balaban J connectivity index is 2.43. The van der Waals surface area contributed by atoms with E-state index < -0.39 is 0 Å². The molecule has 0 bridgehead atoms. The Morgan fingerprint density at radius 3 is 2.94 bits per heavy atom. The van der Waals surface area contributed by atoms with Crippen molar-refractivity contribution in [2.45, 2.75) is 32.5 Å². The number of hydrogen-bond donors (Lipinski definition) is 1. The van der Waals surface area contributed by atoms with E-state index in [9.17, 15) is 0 Å². The van der Waals surface area contributed by atoms with Gasteiger partial charge in [0.15, 0.2) is 0 Å². The van der Waals surface area contributed by atoms with Crippen molar-refractivity contribution in [2.24, 2.45) is 5.73 Å². The molecule has 1 aromatic rings. The van der Waals surface area contributed by atoms with Crippen molar-refractivity contribution >= 4 is 0 Å². The van der Waals surface area contributed by atoms with Gasteiger partial charge in [-0.25, -0.2) is 0 Å². The van der Waals surface area contributed by atoms with Crippen molar-refractivity contribution in [3.05, 3.63) is 28.8 Å². The van der Waals surface area contributed by atoms with Gasteiger partial charge in [-0.15, -0.1) is 0 Å². The fraction of sp³-hybridized carbons (Fsp3) is 0.538. The number of hydrogen-bond acceptors (Lipinski definition) is 3. The largest absolute Gasteiger partial charge is 0.496 e. The van der Waals surface area contributed by atoms with Crippen LogP contribution in [0.5, 0.6) is 5.75 Å². The second-order valence-electron chi connectivity index (χ2n) is 4.29. The van der Waals surface area contributed by atoms with Crippen molar-refractivity contribution in [2.75, 3.05) is 13.7 Å². The van der Waals surface area contributed by atoms with E-state index in [-0.39, 0.29) is 0 Å². The summed E-state index contributed by atoms with van der Waals surface area (Å²) < 4.78 is 10.9. The third-order valence-electron chi connectivity index (χ3n) is 3.23. The summed E-state index contributed by atoms with van der Waals surface area (Å²) in [5.41, 5.74) is 9.51. The van der Waals surface area contributed by atoms with Crippen molar-refractivity contribution in [3.8, 4) is 5.75 Å². The van der Waals surface area contributed by atoms with Crippen LogP contribution in [0.1, 0.15) is 36.0 Å². The second-order valence-corrected chi connectivity index (χ2v) is 4.29. The molecule has 2 N–H and O–H groups in total. The van der Waals surface area contributed by atoms with Crippen molar-refractivity contribution in [1.82, 2.24) is 0 Å². The topological polar surface area (TPSA) is 44.5 Å². The summed E-state index contributed by atoms with van der Waals surface area (Å²) in [5, 5.41) is 0. The highest BCUT2D eigenvalue weighted by molar-refractivity contribution is 5.47. The SMILES string of the molecule is COc1ccc2c(c1C(C)CCN)COC2. The van der Waals surface area contributed by atoms with Gasteiger partial charge in [0, 0.05) is 5.56 Å². The maximum atomic E-state index is 5.63. The normalized spacial score (nSPS) is 15.9. The highest BCUT2D eigenvalue weighted by atomic mass is 16.5. The molecule has 0 aromatic heterocycles. The average molecular weight is 221 g/mol. The lowest BCUT2D eigenvalue weighted by atomic mass is 9.90. The van der Waals surface area contributed by atoms with Crippen LogP contribution in [-0.4, -0.2) is 13.7 Å². The minimum atomic E-state index is 0.427.